The van der Waals surface area contributed by atoms with Gasteiger partial charge in [-0.25, -0.2) is 23.7 Å². The molecule has 1 aliphatic rings. The lowest BCUT2D eigenvalue weighted by atomic mass is 10.0. The maximum absolute atomic E-state index is 14.0. The smallest absolute Gasteiger partial charge is 0.280 e. The van der Waals surface area contributed by atoms with Gasteiger partial charge in [-0.05, 0) is 24.1 Å². The molecule has 0 bridgehead atoms. The zero-order chi connectivity index (χ0) is 19.0. The summed E-state index contributed by atoms with van der Waals surface area (Å²) in [6.07, 6.45) is 2.87. The second kappa shape index (κ2) is 6.54. The maximum atomic E-state index is 14.0. The molecule has 0 spiro atoms. The molecular formula is C20H16F2N4O. The SMILES string of the molecule is CC1Cn2c(nc3cc(C#Cc4ccccn4)cnc3c2=O)CCC1(F)F. The predicted molar refractivity (Wildman–Crippen MR) is 96.4 cm³/mol. The molecule has 136 valence electrons. The summed E-state index contributed by atoms with van der Waals surface area (Å²) in [6.45, 7) is 1.39. The number of rotatable bonds is 0. The topological polar surface area (TPSA) is 60.7 Å². The number of hydrogen-bond donors (Lipinski definition) is 0. The van der Waals surface area contributed by atoms with Crippen LogP contribution in [0.1, 0.15) is 30.4 Å². The second-order valence-corrected chi connectivity index (χ2v) is 6.66. The van der Waals surface area contributed by atoms with Crippen LogP contribution in [0, 0.1) is 17.8 Å². The van der Waals surface area contributed by atoms with Gasteiger partial charge in [0.2, 0.25) is 0 Å². The molecule has 5 nitrogen and oxygen atoms in total. The highest BCUT2D eigenvalue weighted by atomic mass is 19.3. The van der Waals surface area contributed by atoms with E-state index in [-0.39, 0.29) is 30.5 Å². The molecule has 1 atom stereocenters. The predicted octanol–water partition coefficient (Wildman–Crippen LogP) is 2.80. The van der Waals surface area contributed by atoms with Gasteiger partial charge in [0.25, 0.3) is 11.5 Å². The summed E-state index contributed by atoms with van der Waals surface area (Å²) < 4.78 is 29.4. The van der Waals surface area contributed by atoms with Gasteiger partial charge in [0.1, 0.15) is 11.5 Å². The minimum Gasteiger partial charge on any atom is -0.294 e. The van der Waals surface area contributed by atoms with Crippen LogP contribution < -0.4 is 5.56 Å². The highest BCUT2D eigenvalue weighted by Crippen LogP contribution is 2.33. The summed E-state index contributed by atoms with van der Waals surface area (Å²) in [5, 5.41) is 0. The third-order valence-corrected chi connectivity index (χ3v) is 4.74. The van der Waals surface area contributed by atoms with Gasteiger partial charge < -0.3 is 0 Å². The number of fused-ring (bicyclic) bond motifs is 2. The molecule has 0 radical (unpaired) electrons. The van der Waals surface area contributed by atoms with E-state index in [1.807, 2.05) is 6.07 Å². The molecule has 27 heavy (non-hydrogen) atoms. The van der Waals surface area contributed by atoms with Crippen molar-refractivity contribution in [3.8, 4) is 11.8 Å². The molecule has 0 saturated heterocycles. The molecule has 0 amide bonds. The molecule has 0 N–H and O–H groups in total. The van der Waals surface area contributed by atoms with Crippen LogP contribution in [-0.2, 0) is 13.0 Å². The molecule has 1 aliphatic heterocycles. The Bertz CT molecular complexity index is 1130. The van der Waals surface area contributed by atoms with Crippen molar-refractivity contribution in [1.82, 2.24) is 19.5 Å². The van der Waals surface area contributed by atoms with Crippen molar-refractivity contribution in [2.45, 2.75) is 32.2 Å². The number of pyridine rings is 2. The lowest BCUT2D eigenvalue weighted by Gasteiger charge is -2.20. The van der Waals surface area contributed by atoms with Crippen molar-refractivity contribution in [3.05, 3.63) is 64.1 Å². The van der Waals surface area contributed by atoms with Gasteiger partial charge >= 0.3 is 0 Å². The summed E-state index contributed by atoms with van der Waals surface area (Å²) >= 11 is 0. The molecule has 4 heterocycles. The van der Waals surface area contributed by atoms with Crippen LogP contribution in [-0.4, -0.2) is 25.4 Å². The van der Waals surface area contributed by atoms with E-state index in [0.717, 1.165) is 0 Å². The van der Waals surface area contributed by atoms with Gasteiger partial charge in [-0.1, -0.05) is 18.9 Å². The average Bonchev–Trinajstić information content (AvgIpc) is 2.78. The van der Waals surface area contributed by atoms with E-state index in [2.05, 4.69) is 26.8 Å². The van der Waals surface area contributed by atoms with Gasteiger partial charge in [-0.2, -0.15) is 0 Å². The van der Waals surface area contributed by atoms with E-state index in [9.17, 15) is 13.6 Å². The van der Waals surface area contributed by atoms with Gasteiger partial charge in [0.05, 0.1) is 5.52 Å². The zero-order valence-electron chi connectivity index (χ0n) is 14.6. The maximum Gasteiger partial charge on any atom is 0.280 e. The normalized spacial score (nSPS) is 18.3. The van der Waals surface area contributed by atoms with Gasteiger partial charge in [0, 0.05) is 43.3 Å². The summed E-state index contributed by atoms with van der Waals surface area (Å²) in [4.78, 5) is 25.5. The molecule has 3 aromatic heterocycles. The lowest BCUT2D eigenvalue weighted by molar-refractivity contribution is -0.0593. The van der Waals surface area contributed by atoms with Crippen molar-refractivity contribution < 1.29 is 8.78 Å². The van der Waals surface area contributed by atoms with E-state index in [1.165, 1.54) is 17.7 Å². The number of halogens is 2. The summed E-state index contributed by atoms with van der Waals surface area (Å²) in [6, 6.07) is 7.08. The van der Waals surface area contributed by atoms with E-state index in [1.54, 1.807) is 24.4 Å². The van der Waals surface area contributed by atoms with Crippen LogP contribution in [0.2, 0.25) is 0 Å². The molecule has 0 fully saturated rings. The number of nitrogens with zero attached hydrogens (tertiary/aromatic N) is 4. The first-order valence-electron chi connectivity index (χ1n) is 8.64. The first-order valence-corrected chi connectivity index (χ1v) is 8.64. The first-order chi connectivity index (χ1) is 12.9. The molecule has 0 aromatic carbocycles. The molecule has 1 unspecified atom stereocenters. The Hall–Kier alpha value is -3.14. The molecule has 7 heteroatoms. The number of aromatic nitrogens is 4. The fraction of sp³-hybridized carbons (Fsp3) is 0.300. The first kappa shape index (κ1) is 17.3. The van der Waals surface area contributed by atoms with Crippen LogP contribution in [0.5, 0.6) is 0 Å². The van der Waals surface area contributed by atoms with Crippen molar-refractivity contribution >= 4 is 11.0 Å². The number of aryl methyl sites for hydroxylation is 1. The largest absolute Gasteiger partial charge is 0.294 e. The highest BCUT2D eigenvalue weighted by molar-refractivity contribution is 5.74. The third kappa shape index (κ3) is 3.31. The Morgan fingerprint density at radius 2 is 2.11 bits per heavy atom. The quantitative estimate of drug-likeness (QED) is 0.574. The van der Waals surface area contributed by atoms with E-state index in [0.29, 0.717) is 22.6 Å². The van der Waals surface area contributed by atoms with Gasteiger partial charge in [-0.3, -0.25) is 9.36 Å². The minimum atomic E-state index is -2.82. The van der Waals surface area contributed by atoms with Crippen LogP contribution in [0.3, 0.4) is 0 Å². The standard InChI is InChI=1S/C20H16F2N4O/c1-13-12-26-17(7-8-20(13,21)22)25-16-10-14(11-24-18(16)19(26)27)5-6-15-4-2-3-9-23-15/h2-4,9-11,13H,7-8,12H2,1H3. The fourth-order valence-electron chi connectivity index (χ4n) is 3.10. The number of hydrogen-bond acceptors (Lipinski definition) is 4. The second-order valence-electron chi connectivity index (χ2n) is 6.66. The Morgan fingerprint density at radius 1 is 1.26 bits per heavy atom. The summed E-state index contributed by atoms with van der Waals surface area (Å²) in [5.74, 6) is 2.48. The van der Waals surface area contributed by atoms with Crippen LogP contribution in [0.15, 0.2) is 41.5 Å². The summed E-state index contributed by atoms with van der Waals surface area (Å²) in [7, 11) is 0. The average molecular weight is 366 g/mol. The van der Waals surface area contributed by atoms with Crippen molar-refractivity contribution in [1.29, 1.82) is 0 Å². The molecule has 0 aliphatic carbocycles. The monoisotopic (exact) mass is 366 g/mol. The van der Waals surface area contributed by atoms with E-state index < -0.39 is 11.8 Å². The van der Waals surface area contributed by atoms with Crippen LogP contribution in [0.4, 0.5) is 8.78 Å². The fourth-order valence-corrected chi connectivity index (χ4v) is 3.10. The molecule has 0 saturated carbocycles. The minimum absolute atomic E-state index is 0.0480. The molecular weight excluding hydrogens is 350 g/mol. The van der Waals surface area contributed by atoms with Gasteiger partial charge in [-0.15, -0.1) is 0 Å². The van der Waals surface area contributed by atoms with Crippen molar-refractivity contribution in [3.63, 3.8) is 0 Å². The van der Waals surface area contributed by atoms with Crippen LogP contribution >= 0.6 is 0 Å². The van der Waals surface area contributed by atoms with E-state index in [4.69, 9.17) is 0 Å². The van der Waals surface area contributed by atoms with Crippen LogP contribution in [0.25, 0.3) is 11.0 Å². The third-order valence-electron chi connectivity index (χ3n) is 4.74. The summed E-state index contributed by atoms with van der Waals surface area (Å²) in [5.41, 5.74) is 1.35. The van der Waals surface area contributed by atoms with E-state index >= 15 is 0 Å². The Kier molecular flexibility index (Phi) is 4.19. The molecule has 4 rings (SSSR count). The van der Waals surface area contributed by atoms with Crippen molar-refractivity contribution in [2.24, 2.45) is 5.92 Å². The van der Waals surface area contributed by atoms with Crippen molar-refractivity contribution in [2.75, 3.05) is 0 Å². The Balaban J connectivity index is 1.77. The highest BCUT2D eigenvalue weighted by Gasteiger charge is 2.39. The number of alkyl halides is 2. The molecule has 3 aromatic rings. The lowest BCUT2D eigenvalue weighted by Crippen LogP contribution is -2.31. The van der Waals surface area contributed by atoms with Gasteiger partial charge in [0.15, 0.2) is 5.52 Å². The Morgan fingerprint density at radius 3 is 2.89 bits per heavy atom. The Labute approximate surface area is 154 Å². The zero-order valence-corrected chi connectivity index (χ0v) is 14.6.